The lowest BCUT2D eigenvalue weighted by Gasteiger charge is -2.16. The number of ketones is 2. The summed E-state index contributed by atoms with van der Waals surface area (Å²) in [6.07, 6.45) is 0. The molecule has 1 aromatic carbocycles. The Morgan fingerprint density at radius 1 is 1.28 bits per heavy atom. The molecule has 0 fully saturated rings. The number of hydrogen-bond acceptors (Lipinski definition) is 5. The monoisotopic (exact) mass is 372 g/mol. The molecule has 0 saturated heterocycles. The van der Waals surface area contributed by atoms with Crippen LogP contribution in [0.5, 0.6) is 0 Å². The van der Waals surface area contributed by atoms with Crippen LogP contribution in [0.15, 0.2) is 29.3 Å². The molecule has 4 nitrogen and oxygen atoms in total. The van der Waals surface area contributed by atoms with Crippen LogP contribution < -0.4 is 0 Å². The van der Waals surface area contributed by atoms with Crippen LogP contribution in [0.1, 0.15) is 51.5 Å². The zero-order valence-corrected chi connectivity index (χ0v) is 16.3. The number of rotatable bonds is 4. The fourth-order valence-corrected chi connectivity index (χ4v) is 5.25. The summed E-state index contributed by atoms with van der Waals surface area (Å²) in [5, 5.41) is -0.270. The maximum atomic E-state index is 12.8. The quantitative estimate of drug-likeness (QED) is 0.761. The van der Waals surface area contributed by atoms with E-state index in [2.05, 4.69) is 16.0 Å². The molecule has 0 amide bonds. The molecule has 6 heteroatoms. The van der Waals surface area contributed by atoms with Crippen LogP contribution in [0.25, 0.3) is 0 Å². The van der Waals surface area contributed by atoms with E-state index < -0.39 is 0 Å². The predicted octanol–water partition coefficient (Wildman–Crippen LogP) is 5.07. The van der Waals surface area contributed by atoms with Gasteiger partial charge in [-0.2, -0.15) is 0 Å². The number of aromatic nitrogens is 1. The van der Waals surface area contributed by atoms with Crippen molar-refractivity contribution in [3.63, 3.8) is 0 Å². The number of nitrogens with one attached hydrogen (secondary N) is 1. The number of nitrogens with zero attached hydrogens (tertiary/aromatic N) is 1. The number of aromatic amines is 1. The summed E-state index contributed by atoms with van der Waals surface area (Å²) in [5.74, 6) is 0.854. The van der Waals surface area contributed by atoms with Gasteiger partial charge in [0.15, 0.2) is 11.6 Å². The third kappa shape index (κ3) is 3.60. The first kappa shape index (κ1) is 18.0. The van der Waals surface area contributed by atoms with E-state index in [9.17, 15) is 9.59 Å². The topological polar surface area (TPSA) is 62.3 Å². The van der Waals surface area contributed by atoms with E-state index >= 15 is 0 Å². The van der Waals surface area contributed by atoms with Crippen molar-refractivity contribution < 1.29 is 9.59 Å². The Hall–Kier alpha value is -1.79. The molecule has 25 heavy (non-hydrogen) atoms. The zero-order valence-electron chi connectivity index (χ0n) is 14.7. The number of Topliss-reactive ketones (excluding diaryl/α,β-unsaturated/α-hetero) is 2. The Balaban J connectivity index is 1.80. The molecule has 1 aliphatic heterocycles. The number of benzene rings is 1. The van der Waals surface area contributed by atoms with Crippen LogP contribution in [-0.2, 0) is 5.75 Å². The van der Waals surface area contributed by atoms with Gasteiger partial charge in [0.2, 0.25) is 0 Å². The third-order valence-electron chi connectivity index (χ3n) is 4.24. The van der Waals surface area contributed by atoms with E-state index in [1.807, 2.05) is 39.0 Å². The summed E-state index contributed by atoms with van der Waals surface area (Å²) in [4.78, 5) is 32.4. The summed E-state index contributed by atoms with van der Waals surface area (Å²) in [5.41, 5.74) is 4.85. The highest BCUT2D eigenvalue weighted by atomic mass is 32.2. The van der Waals surface area contributed by atoms with Gasteiger partial charge in [0.05, 0.1) is 16.6 Å². The zero-order chi connectivity index (χ0) is 18.1. The largest absolute Gasteiger partial charge is 0.355 e. The van der Waals surface area contributed by atoms with Gasteiger partial charge in [-0.05, 0) is 44.9 Å². The SMILES string of the molecule is CC(=O)c1c(C)[nH]c(C(=O)C(C)SC2=Nc3ccccc3CS2)c1C. The molecule has 0 spiro atoms. The van der Waals surface area contributed by atoms with Crippen LogP contribution >= 0.6 is 23.5 Å². The number of aryl methyl sites for hydroxylation is 1. The summed E-state index contributed by atoms with van der Waals surface area (Å²) in [6.45, 7) is 7.07. The minimum Gasteiger partial charge on any atom is -0.355 e. The van der Waals surface area contributed by atoms with Gasteiger partial charge in [-0.1, -0.05) is 41.7 Å². The van der Waals surface area contributed by atoms with E-state index in [0.717, 1.165) is 27.1 Å². The van der Waals surface area contributed by atoms with E-state index in [1.165, 1.54) is 24.2 Å². The third-order valence-corrected chi connectivity index (χ3v) is 6.53. The minimum absolute atomic E-state index is 0.000239. The number of fused-ring (bicyclic) bond motifs is 1. The van der Waals surface area contributed by atoms with Gasteiger partial charge in [0.25, 0.3) is 0 Å². The summed E-state index contributed by atoms with van der Waals surface area (Å²) in [6, 6.07) is 8.07. The first-order valence-electron chi connectivity index (χ1n) is 8.09. The number of carbonyl (C=O) groups is 2. The highest BCUT2D eigenvalue weighted by Crippen LogP contribution is 2.36. The Labute approximate surface area is 155 Å². The lowest BCUT2D eigenvalue weighted by Crippen LogP contribution is -2.17. The summed E-state index contributed by atoms with van der Waals surface area (Å²) in [7, 11) is 0. The van der Waals surface area contributed by atoms with Gasteiger partial charge in [0, 0.05) is 17.0 Å². The molecule has 1 unspecified atom stereocenters. The van der Waals surface area contributed by atoms with Crippen LogP contribution in [0.2, 0.25) is 0 Å². The van der Waals surface area contributed by atoms with Crippen molar-refractivity contribution in [2.24, 2.45) is 4.99 Å². The van der Waals surface area contributed by atoms with Gasteiger partial charge in [-0.15, -0.1) is 0 Å². The molecule has 2 heterocycles. The van der Waals surface area contributed by atoms with Gasteiger partial charge in [-0.25, -0.2) is 4.99 Å². The Kier molecular flexibility index (Phi) is 5.20. The summed E-state index contributed by atoms with van der Waals surface area (Å²) >= 11 is 3.14. The van der Waals surface area contributed by atoms with Crippen LogP contribution in [0.4, 0.5) is 5.69 Å². The smallest absolute Gasteiger partial charge is 0.192 e. The standard InChI is InChI=1S/C19H20N2O2S2/c1-10-16(12(3)22)11(2)20-17(10)18(23)13(4)25-19-21-15-8-6-5-7-14(15)9-24-19/h5-8,13,20H,9H2,1-4H3. The molecule has 1 aliphatic rings. The molecule has 0 radical (unpaired) electrons. The number of hydrogen-bond donors (Lipinski definition) is 1. The van der Waals surface area contributed by atoms with Crippen molar-refractivity contribution in [2.75, 3.05) is 0 Å². The average molecular weight is 373 g/mol. The highest BCUT2D eigenvalue weighted by molar-refractivity contribution is 8.39. The Morgan fingerprint density at radius 3 is 2.68 bits per heavy atom. The second-order valence-corrected chi connectivity index (χ2v) is 8.65. The molecule has 0 bridgehead atoms. The van der Waals surface area contributed by atoms with Gasteiger partial charge in [-0.3, -0.25) is 9.59 Å². The fourth-order valence-electron chi connectivity index (χ4n) is 3.00. The van der Waals surface area contributed by atoms with Crippen molar-refractivity contribution in [3.8, 4) is 0 Å². The van der Waals surface area contributed by atoms with E-state index in [4.69, 9.17) is 0 Å². The lowest BCUT2D eigenvalue weighted by molar-refractivity contribution is 0.0989. The van der Waals surface area contributed by atoms with E-state index in [0.29, 0.717) is 11.3 Å². The van der Waals surface area contributed by atoms with Crippen molar-refractivity contribution in [1.82, 2.24) is 4.98 Å². The normalized spacial score (nSPS) is 14.6. The molecule has 0 saturated carbocycles. The molecular weight excluding hydrogens is 352 g/mol. The van der Waals surface area contributed by atoms with Gasteiger partial charge in [0.1, 0.15) is 4.38 Å². The van der Waals surface area contributed by atoms with E-state index in [1.54, 1.807) is 11.8 Å². The molecule has 1 aromatic heterocycles. The molecule has 1 atom stereocenters. The molecule has 0 aliphatic carbocycles. The van der Waals surface area contributed by atoms with Crippen molar-refractivity contribution in [2.45, 2.75) is 38.7 Å². The molecular formula is C19H20N2O2S2. The Bertz CT molecular complexity index is 884. The second-order valence-electron chi connectivity index (χ2n) is 6.10. The Morgan fingerprint density at radius 2 is 2.00 bits per heavy atom. The highest BCUT2D eigenvalue weighted by Gasteiger charge is 2.26. The second kappa shape index (κ2) is 7.22. The minimum atomic E-state index is -0.270. The predicted molar refractivity (Wildman–Crippen MR) is 106 cm³/mol. The number of thioether (sulfide) groups is 2. The van der Waals surface area contributed by atoms with Crippen molar-refractivity contribution in [1.29, 1.82) is 0 Å². The lowest BCUT2D eigenvalue weighted by atomic mass is 10.0. The van der Waals surface area contributed by atoms with E-state index in [-0.39, 0.29) is 16.8 Å². The van der Waals surface area contributed by atoms with Gasteiger partial charge >= 0.3 is 0 Å². The van der Waals surface area contributed by atoms with Gasteiger partial charge < -0.3 is 4.98 Å². The van der Waals surface area contributed by atoms with Crippen LogP contribution in [0.3, 0.4) is 0 Å². The summed E-state index contributed by atoms with van der Waals surface area (Å²) < 4.78 is 0.910. The molecule has 3 rings (SSSR count). The molecule has 130 valence electrons. The first-order chi connectivity index (χ1) is 11.9. The van der Waals surface area contributed by atoms with Crippen molar-refractivity contribution in [3.05, 3.63) is 52.3 Å². The average Bonchev–Trinajstić information content (AvgIpc) is 2.88. The number of para-hydroxylation sites is 1. The first-order valence-corrected chi connectivity index (χ1v) is 9.95. The maximum Gasteiger partial charge on any atom is 0.192 e. The number of H-pyrrole nitrogens is 1. The molecule has 2 aromatic rings. The van der Waals surface area contributed by atoms with Crippen LogP contribution in [-0.4, -0.2) is 26.2 Å². The fraction of sp³-hybridized carbons (Fsp3) is 0.316. The number of carbonyl (C=O) groups excluding carboxylic acids is 2. The number of aliphatic imine (C=N–C) groups is 1. The van der Waals surface area contributed by atoms with Crippen LogP contribution in [0, 0.1) is 13.8 Å². The van der Waals surface area contributed by atoms with Crippen molar-refractivity contribution >= 4 is 45.2 Å². The maximum absolute atomic E-state index is 12.8. The molecule has 1 N–H and O–H groups in total.